The molecule has 0 nitrogen and oxygen atoms in total. The van der Waals surface area contributed by atoms with Crippen LogP contribution in [0, 0.1) is 12.8 Å². The average molecular weight is 149 g/mol. The van der Waals surface area contributed by atoms with Crippen LogP contribution in [-0.4, -0.2) is 0 Å². The number of hydrogen-bond acceptors (Lipinski definition) is 0. The molecule has 0 amide bonds. The summed E-state index contributed by atoms with van der Waals surface area (Å²) in [5, 5.41) is 0. The molecule has 0 heterocycles. The third kappa shape index (κ3) is 2.92. The second kappa shape index (κ2) is 4.38. The predicted molar refractivity (Wildman–Crippen MR) is 50.2 cm³/mol. The van der Waals surface area contributed by atoms with E-state index >= 15 is 0 Å². The van der Waals surface area contributed by atoms with E-state index in [9.17, 15) is 0 Å². The van der Waals surface area contributed by atoms with E-state index in [2.05, 4.69) is 32.1 Å². The van der Waals surface area contributed by atoms with E-state index < -0.39 is 0 Å². The van der Waals surface area contributed by atoms with Crippen molar-refractivity contribution in [1.29, 1.82) is 0 Å². The van der Waals surface area contributed by atoms with E-state index in [-0.39, 0.29) is 0 Å². The van der Waals surface area contributed by atoms with Crippen LogP contribution in [0.2, 0.25) is 0 Å². The van der Waals surface area contributed by atoms with E-state index in [1.807, 2.05) is 0 Å². The first-order chi connectivity index (χ1) is 5.30. The topological polar surface area (TPSA) is 0 Å². The minimum Gasteiger partial charge on any atom is -0.0882 e. The van der Waals surface area contributed by atoms with Gasteiger partial charge in [0.25, 0.3) is 0 Å². The second-order valence-electron chi connectivity index (χ2n) is 3.27. The van der Waals surface area contributed by atoms with Crippen molar-refractivity contribution in [2.45, 2.75) is 32.6 Å². The van der Waals surface area contributed by atoms with Gasteiger partial charge in [-0.15, -0.1) is 0 Å². The Hall–Kier alpha value is -0.520. The molecule has 0 saturated carbocycles. The summed E-state index contributed by atoms with van der Waals surface area (Å²) in [6.45, 7) is 6.22. The largest absolute Gasteiger partial charge is 0.0882 e. The van der Waals surface area contributed by atoms with E-state index in [0.29, 0.717) is 5.92 Å². The Balaban J connectivity index is 2.50. The lowest BCUT2D eigenvalue weighted by Gasteiger charge is -2.11. The van der Waals surface area contributed by atoms with Crippen LogP contribution in [0.15, 0.2) is 23.8 Å². The highest BCUT2D eigenvalue weighted by molar-refractivity contribution is 5.10. The maximum absolute atomic E-state index is 4.04. The molecule has 0 aromatic rings. The fourth-order valence-corrected chi connectivity index (χ4v) is 1.40. The molecule has 1 aliphatic rings. The summed E-state index contributed by atoms with van der Waals surface area (Å²) in [4.78, 5) is 0. The fourth-order valence-electron chi connectivity index (χ4n) is 1.40. The quantitative estimate of drug-likeness (QED) is 0.500. The van der Waals surface area contributed by atoms with Gasteiger partial charge in [0.2, 0.25) is 0 Å². The maximum atomic E-state index is 4.04. The molecule has 0 aromatic carbocycles. The van der Waals surface area contributed by atoms with E-state index in [4.69, 9.17) is 0 Å². The Morgan fingerprint density at radius 1 is 1.27 bits per heavy atom. The van der Waals surface area contributed by atoms with Crippen molar-refractivity contribution in [2.24, 2.45) is 5.92 Å². The van der Waals surface area contributed by atoms with E-state index in [1.165, 1.54) is 31.3 Å². The van der Waals surface area contributed by atoms with Crippen molar-refractivity contribution in [3.8, 4) is 0 Å². The standard InChI is InChI=1S/C11H17/c1-10(2)11-8-6-4-3-5-7-9-11/h3-4,9-10H,1,5-8H2,2H3. The Labute approximate surface area is 70.0 Å². The summed E-state index contributed by atoms with van der Waals surface area (Å²) in [7, 11) is 0. The molecule has 11 heavy (non-hydrogen) atoms. The first kappa shape index (κ1) is 8.58. The Morgan fingerprint density at radius 3 is 2.73 bits per heavy atom. The van der Waals surface area contributed by atoms with Gasteiger partial charge in [0.05, 0.1) is 0 Å². The van der Waals surface area contributed by atoms with Gasteiger partial charge in [0.15, 0.2) is 0 Å². The van der Waals surface area contributed by atoms with Gasteiger partial charge in [0.1, 0.15) is 0 Å². The predicted octanol–water partition coefficient (Wildman–Crippen LogP) is 3.51. The zero-order valence-corrected chi connectivity index (χ0v) is 7.34. The van der Waals surface area contributed by atoms with Crippen molar-refractivity contribution < 1.29 is 0 Å². The lowest BCUT2D eigenvalue weighted by atomic mass is 9.95. The summed E-state index contributed by atoms with van der Waals surface area (Å²) >= 11 is 0. The molecule has 61 valence electrons. The van der Waals surface area contributed by atoms with Crippen LogP contribution < -0.4 is 0 Å². The average Bonchev–Trinajstić information content (AvgIpc) is 1.84. The van der Waals surface area contributed by atoms with Crippen LogP contribution in [0.3, 0.4) is 0 Å². The SMILES string of the molecule is [CH2]C(C)C1=CCCC=CCC1. The molecule has 1 aliphatic carbocycles. The molecular weight excluding hydrogens is 132 g/mol. The summed E-state index contributed by atoms with van der Waals surface area (Å²) in [6.07, 6.45) is 11.7. The molecule has 0 aromatic heterocycles. The fraction of sp³-hybridized carbons (Fsp3) is 0.545. The highest BCUT2D eigenvalue weighted by Gasteiger charge is 2.02. The van der Waals surface area contributed by atoms with Crippen molar-refractivity contribution in [3.05, 3.63) is 30.7 Å². The summed E-state index contributed by atoms with van der Waals surface area (Å²) in [6, 6.07) is 0. The molecule has 0 N–H and O–H groups in total. The normalized spacial score (nSPS) is 19.4. The zero-order valence-electron chi connectivity index (χ0n) is 7.34. The van der Waals surface area contributed by atoms with Crippen molar-refractivity contribution >= 4 is 0 Å². The monoisotopic (exact) mass is 149 g/mol. The van der Waals surface area contributed by atoms with E-state index in [1.54, 1.807) is 0 Å². The molecule has 1 unspecified atom stereocenters. The summed E-state index contributed by atoms with van der Waals surface area (Å²) in [5.74, 6) is 0.501. The van der Waals surface area contributed by atoms with Crippen molar-refractivity contribution in [3.63, 3.8) is 0 Å². The van der Waals surface area contributed by atoms with Gasteiger partial charge in [-0.1, -0.05) is 30.7 Å². The van der Waals surface area contributed by atoms with Gasteiger partial charge >= 0.3 is 0 Å². The third-order valence-electron chi connectivity index (χ3n) is 2.14. The van der Waals surface area contributed by atoms with Crippen LogP contribution in [0.4, 0.5) is 0 Å². The van der Waals surface area contributed by atoms with Gasteiger partial charge in [-0.25, -0.2) is 0 Å². The summed E-state index contributed by atoms with van der Waals surface area (Å²) < 4.78 is 0. The molecule has 1 rings (SSSR count). The third-order valence-corrected chi connectivity index (χ3v) is 2.14. The smallest absolute Gasteiger partial charge is 0.0231 e. The number of rotatable bonds is 1. The van der Waals surface area contributed by atoms with Gasteiger partial charge in [-0.2, -0.15) is 0 Å². The molecule has 1 atom stereocenters. The molecule has 0 bridgehead atoms. The molecule has 0 fully saturated rings. The van der Waals surface area contributed by atoms with Gasteiger partial charge in [-0.05, 0) is 38.5 Å². The number of hydrogen-bond donors (Lipinski definition) is 0. The lowest BCUT2D eigenvalue weighted by molar-refractivity contribution is 0.758. The van der Waals surface area contributed by atoms with Crippen LogP contribution >= 0.6 is 0 Å². The van der Waals surface area contributed by atoms with Gasteiger partial charge in [-0.3, -0.25) is 0 Å². The van der Waals surface area contributed by atoms with Crippen LogP contribution in [0.1, 0.15) is 32.6 Å². The van der Waals surface area contributed by atoms with Crippen LogP contribution in [0.25, 0.3) is 0 Å². The highest BCUT2D eigenvalue weighted by atomic mass is 14.1. The lowest BCUT2D eigenvalue weighted by Crippen LogP contribution is -1.95. The Morgan fingerprint density at radius 2 is 2.00 bits per heavy atom. The molecule has 0 aliphatic heterocycles. The minimum atomic E-state index is 0.501. The minimum absolute atomic E-state index is 0.501. The Bertz CT molecular complexity index is 161. The summed E-state index contributed by atoms with van der Waals surface area (Å²) in [5.41, 5.74) is 1.54. The number of allylic oxidation sites excluding steroid dienone is 4. The molecule has 0 heteroatoms. The highest BCUT2D eigenvalue weighted by Crippen LogP contribution is 2.19. The Kier molecular flexibility index (Phi) is 3.41. The van der Waals surface area contributed by atoms with Crippen molar-refractivity contribution in [2.75, 3.05) is 0 Å². The first-order valence-corrected chi connectivity index (χ1v) is 4.47. The van der Waals surface area contributed by atoms with Crippen LogP contribution in [-0.2, 0) is 0 Å². The van der Waals surface area contributed by atoms with Crippen molar-refractivity contribution in [1.82, 2.24) is 0 Å². The molecule has 1 radical (unpaired) electrons. The van der Waals surface area contributed by atoms with Crippen LogP contribution in [0.5, 0.6) is 0 Å². The molecular formula is C11H17. The first-order valence-electron chi connectivity index (χ1n) is 4.47. The van der Waals surface area contributed by atoms with Gasteiger partial charge < -0.3 is 0 Å². The second-order valence-corrected chi connectivity index (χ2v) is 3.27. The molecule has 0 spiro atoms. The van der Waals surface area contributed by atoms with Gasteiger partial charge in [0, 0.05) is 0 Å². The van der Waals surface area contributed by atoms with E-state index in [0.717, 1.165) is 0 Å². The maximum Gasteiger partial charge on any atom is -0.0231 e. The molecule has 0 saturated heterocycles. The zero-order chi connectivity index (χ0) is 8.10.